The highest BCUT2D eigenvalue weighted by atomic mass is 14.3. The summed E-state index contributed by atoms with van der Waals surface area (Å²) in [6, 6.07) is 9.61. The second-order valence-electron chi connectivity index (χ2n) is 8.18. The van der Waals surface area contributed by atoms with E-state index in [1.54, 1.807) is 0 Å². The molecule has 2 aliphatic rings. The highest BCUT2D eigenvalue weighted by Gasteiger charge is 2.29. The van der Waals surface area contributed by atoms with Crippen molar-refractivity contribution in [2.75, 3.05) is 0 Å². The van der Waals surface area contributed by atoms with Crippen molar-refractivity contribution < 1.29 is 0 Å². The lowest BCUT2D eigenvalue weighted by Gasteiger charge is -2.37. The molecular weight excluding hydrogens is 314 g/mol. The Morgan fingerprint density at radius 1 is 0.885 bits per heavy atom. The summed E-state index contributed by atoms with van der Waals surface area (Å²) < 4.78 is 0. The molecule has 2 saturated carbocycles. The third kappa shape index (κ3) is 5.25. The summed E-state index contributed by atoms with van der Waals surface area (Å²) in [6.45, 7) is 2.35. The largest absolute Gasteiger partial charge is 0.192 e. The van der Waals surface area contributed by atoms with E-state index in [1.165, 1.54) is 57.8 Å². The molecule has 0 unspecified atom stereocenters. The molecular formula is C25H31N. The monoisotopic (exact) mass is 345 g/mol. The number of nitriles is 1. The van der Waals surface area contributed by atoms with E-state index in [9.17, 15) is 0 Å². The number of rotatable bonds is 3. The maximum Gasteiger partial charge on any atom is 0.0991 e. The first kappa shape index (κ1) is 18.8. The molecule has 0 heterocycles. The Kier molecular flexibility index (Phi) is 6.96. The first-order chi connectivity index (χ1) is 12.8. The van der Waals surface area contributed by atoms with Crippen LogP contribution in [0.5, 0.6) is 0 Å². The zero-order valence-electron chi connectivity index (χ0n) is 16.1. The van der Waals surface area contributed by atoms with Crippen LogP contribution in [0.15, 0.2) is 36.4 Å². The second-order valence-corrected chi connectivity index (χ2v) is 8.18. The van der Waals surface area contributed by atoms with Gasteiger partial charge in [0.1, 0.15) is 0 Å². The summed E-state index contributed by atoms with van der Waals surface area (Å²) in [5, 5.41) is 8.81. The lowest BCUT2D eigenvalue weighted by molar-refractivity contribution is 0.154. The summed E-state index contributed by atoms with van der Waals surface area (Å²) in [7, 11) is 0. The number of benzene rings is 1. The average molecular weight is 346 g/mol. The quantitative estimate of drug-likeness (QED) is 0.574. The maximum absolute atomic E-state index is 8.81. The standard InChI is InChI=1S/C25H31N/c1-2-20-11-15-24(16-12-20)25-17-13-22(14-18-25)6-4-3-5-21-7-9-23(19-26)10-8-21/h4,6-10,20,22,24-25H,2,11-18H2,1H3. The third-order valence-corrected chi connectivity index (χ3v) is 6.63. The van der Waals surface area contributed by atoms with Crippen LogP contribution < -0.4 is 0 Å². The van der Waals surface area contributed by atoms with E-state index < -0.39 is 0 Å². The Bertz CT molecular complexity index is 678. The van der Waals surface area contributed by atoms with Gasteiger partial charge in [-0.15, -0.1) is 0 Å². The van der Waals surface area contributed by atoms with Gasteiger partial charge in [-0.3, -0.25) is 0 Å². The second kappa shape index (κ2) is 9.64. The maximum atomic E-state index is 8.81. The summed E-state index contributed by atoms with van der Waals surface area (Å²) >= 11 is 0. The van der Waals surface area contributed by atoms with Crippen LogP contribution in [0.2, 0.25) is 0 Å². The van der Waals surface area contributed by atoms with Gasteiger partial charge in [-0.2, -0.15) is 5.26 Å². The molecule has 0 amide bonds. The molecule has 3 rings (SSSR count). The Morgan fingerprint density at radius 3 is 2.04 bits per heavy atom. The molecule has 1 aromatic carbocycles. The predicted molar refractivity (Wildman–Crippen MR) is 108 cm³/mol. The fourth-order valence-electron chi connectivity index (χ4n) is 4.81. The van der Waals surface area contributed by atoms with E-state index in [2.05, 4.69) is 30.9 Å². The van der Waals surface area contributed by atoms with Gasteiger partial charge in [0.25, 0.3) is 0 Å². The van der Waals surface area contributed by atoms with Gasteiger partial charge in [-0.25, -0.2) is 0 Å². The lowest BCUT2D eigenvalue weighted by Crippen LogP contribution is -2.25. The molecule has 0 spiro atoms. The molecule has 0 bridgehead atoms. The van der Waals surface area contributed by atoms with E-state index in [0.717, 1.165) is 23.3 Å². The minimum Gasteiger partial charge on any atom is -0.192 e. The molecule has 26 heavy (non-hydrogen) atoms. The van der Waals surface area contributed by atoms with Crippen LogP contribution in [0.3, 0.4) is 0 Å². The molecule has 1 nitrogen and oxygen atoms in total. The van der Waals surface area contributed by atoms with Crippen LogP contribution in [-0.4, -0.2) is 0 Å². The van der Waals surface area contributed by atoms with Crippen molar-refractivity contribution >= 4 is 0 Å². The van der Waals surface area contributed by atoms with Gasteiger partial charge in [0.15, 0.2) is 0 Å². The van der Waals surface area contributed by atoms with Gasteiger partial charge >= 0.3 is 0 Å². The summed E-state index contributed by atoms with van der Waals surface area (Å²) in [5.74, 6) is 10.0. The normalized spacial score (nSPS) is 28.9. The van der Waals surface area contributed by atoms with Crippen LogP contribution in [0.1, 0.15) is 75.8 Å². The van der Waals surface area contributed by atoms with Crippen molar-refractivity contribution in [3.05, 3.63) is 47.5 Å². The Morgan fingerprint density at radius 2 is 1.46 bits per heavy atom. The number of hydrogen-bond acceptors (Lipinski definition) is 1. The van der Waals surface area contributed by atoms with Crippen molar-refractivity contribution in [3.8, 4) is 17.9 Å². The lowest BCUT2D eigenvalue weighted by atomic mass is 9.69. The highest BCUT2D eigenvalue weighted by Crippen LogP contribution is 2.42. The van der Waals surface area contributed by atoms with Gasteiger partial charge < -0.3 is 0 Å². The predicted octanol–water partition coefficient (Wildman–Crippen LogP) is 6.49. The van der Waals surface area contributed by atoms with Crippen LogP contribution in [0, 0.1) is 46.8 Å². The number of hydrogen-bond donors (Lipinski definition) is 0. The Balaban J connectivity index is 1.42. The van der Waals surface area contributed by atoms with E-state index in [0.29, 0.717) is 11.5 Å². The summed E-state index contributed by atoms with van der Waals surface area (Å²) in [4.78, 5) is 0. The number of nitrogens with zero attached hydrogens (tertiary/aromatic N) is 1. The molecule has 0 saturated heterocycles. The van der Waals surface area contributed by atoms with Crippen molar-refractivity contribution in [1.82, 2.24) is 0 Å². The van der Waals surface area contributed by atoms with Crippen molar-refractivity contribution in [1.29, 1.82) is 5.26 Å². The fraction of sp³-hybridized carbons (Fsp3) is 0.560. The average Bonchev–Trinajstić information content (AvgIpc) is 2.72. The number of allylic oxidation sites excluding steroid dienone is 2. The molecule has 0 atom stereocenters. The van der Waals surface area contributed by atoms with Gasteiger partial charge in [0, 0.05) is 5.56 Å². The molecule has 0 N–H and O–H groups in total. The van der Waals surface area contributed by atoms with Crippen LogP contribution >= 0.6 is 0 Å². The van der Waals surface area contributed by atoms with E-state index in [-0.39, 0.29) is 0 Å². The molecule has 0 aromatic heterocycles. The minimum atomic E-state index is 0.686. The van der Waals surface area contributed by atoms with Gasteiger partial charge in [-0.1, -0.05) is 44.1 Å². The van der Waals surface area contributed by atoms with Gasteiger partial charge in [0.05, 0.1) is 11.6 Å². The van der Waals surface area contributed by atoms with Gasteiger partial charge in [-0.05, 0) is 92.5 Å². The topological polar surface area (TPSA) is 23.8 Å². The van der Waals surface area contributed by atoms with Crippen LogP contribution in [0.4, 0.5) is 0 Å². The van der Waals surface area contributed by atoms with Crippen LogP contribution in [-0.2, 0) is 0 Å². The zero-order chi connectivity index (χ0) is 18.2. The van der Waals surface area contributed by atoms with E-state index in [4.69, 9.17) is 5.26 Å². The van der Waals surface area contributed by atoms with Gasteiger partial charge in [0.2, 0.25) is 0 Å². The van der Waals surface area contributed by atoms with Crippen LogP contribution in [0.25, 0.3) is 0 Å². The van der Waals surface area contributed by atoms with Crippen molar-refractivity contribution in [3.63, 3.8) is 0 Å². The highest BCUT2D eigenvalue weighted by molar-refractivity contribution is 5.41. The minimum absolute atomic E-state index is 0.686. The zero-order valence-corrected chi connectivity index (χ0v) is 16.1. The molecule has 2 aliphatic carbocycles. The molecule has 1 heteroatoms. The summed E-state index contributed by atoms with van der Waals surface area (Å²) in [6.07, 6.45) is 17.2. The summed E-state index contributed by atoms with van der Waals surface area (Å²) in [5.41, 5.74) is 1.66. The molecule has 2 fully saturated rings. The smallest absolute Gasteiger partial charge is 0.0991 e. The molecule has 1 aromatic rings. The first-order valence-corrected chi connectivity index (χ1v) is 10.5. The Hall–Kier alpha value is -1.99. The van der Waals surface area contributed by atoms with E-state index >= 15 is 0 Å². The fourth-order valence-corrected chi connectivity index (χ4v) is 4.81. The first-order valence-electron chi connectivity index (χ1n) is 10.5. The Labute approximate surface area is 159 Å². The van der Waals surface area contributed by atoms with Crippen molar-refractivity contribution in [2.24, 2.45) is 23.7 Å². The van der Waals surface area contributed by atoms with E-state index in [1.807, 2.05) is 30.3 Å². The van der Waals surface area contributed by atoms with Crippen molar-refractivity contribution in [2.45, 2.75) is 64.7 Å². The molecule has 136 valence electrons. The molecule has 0 radical (unpaired) electrons. The molecule has 0 aliphatic heterocycles. The third-order valence-electron chi connectivity index (χ3n) is 6.63. The SMILES string of the molecule is CCC1CCC(C2CCC(C=CC#Cc3ccc(C#N)cc3)CC2)CC1.